The largest absolute Gasteiger partial charge is 0.522 e. The Balaban J connectivity index is 1.59. The number of fused-ring (bicyclic) bond motifs is 1. The highest BCUT2D eigenvalue weighted by Gasteiger charge is 2.43. The predicted octanol–water partition coefficient (Wildman–Crippen LogP) is 3.66. The Morgan fingerprint density at radius 1 is 1.17 bits per heavy atom. The van der Waals surface area contributed by atoms with Crippen molar-refractivity contribution in [2.75, 3.05) is 23.1 Å². The maximum Gasteiger partial charge on any atom is 0.522 e. The summed E-state index contributed by atoms with van der Waals surface area (Å²) >= 11 is 6.28. The van der Waals surface area contributed by atoms with Crippen molar-refractivity contribution in [1.29, 1.82) is 0 Å². The number of alkyl halides is 3. The third-order valence-electron chi connectivity index (χ3n) is 5.39. The van der Waals surface area contributed by atoms with Crippen LogP contribution in [0.3, 0.4) is 0 Å². The molecule has 0 bridgehead atoms. The number of aryl methyl sites for hydroxylation is 2. The highest BCUT2D eigenvalue weighted by atomic mass is 35.5. The molecule has 2 N–H and O–H groups in total. The van der Waals surface area contributed by atoms with E-state index in [1.165, 1.54) is 17.9 Å². The minimum atomic E-state index is -4.88. The first-order valence-corrected chi connectivity index (χ1v) is 11.8. The molecule has 0 radical (unpaired) electrons. The molecule has 9 nitrogen and oxygen atoms in total. The summed E-state index contributed by atoms with van der Waals surface area (Å²) in [7, 11) is -2.75. The van der Waals surface area contributed by atoms with Crippen LogP contribution in [0.15, 0.2) is 35.4 Å². The molecule has 1 fully saturated rings. The number of nitrogens with one attached hydrogen (secondary N) is 2. The van der Waals surface area contributed by atoms with E-state index in [9.17, 15) is 30.8 Å². The van der Waals surface area contributed by atoms with Crippen LogP contribution in [-0.2, 0) is 22.0 Å². The smallest absolute Gasteiger partial charge is 0.352 e. The first-order chi connectivity index (χ1) is 16.3. The minimum absolute atomic E-state index is 0.202. The van der Waals surface area contributed by atoms with Crippen LogP contribution in [0.1, 0.15) is 5.56 Å². The van der Waals surface area contributed by atoms with E-state index in [1.807, 2.05) is 0 Å². The maximum absolute atomic E-state index is 14.6. The molecule has 0 aliphatic carbocycles. The number of anilines is 3. The number of hydrogen-bond acceptors (Lipinski definition) is 6. The molecule has 1 aromatic heterocycles. The molecule has 4 rings (SSSR count). The fourth-order valence-corrected chi connectivity index (χ4v) is 5.14. The Morgan fingerprint density at radius 3 is 2.49 bits per heavy atom. The summed E-state index contributed by atoms with van der Waals surface area (Å²) in [6, 6.07) is 5.18. The van der Waals surface area contributed by atoms with Crippen LogP contribution in [0.2, 0.25) is 5.02 Å². The van der Waals surface area contributed by atoms with Gasteiger partial charge in [0.1, 0.15) is 5.82 Å². The normalized spacial score (nSPS) is 15.3. The van der Waals surface area contributed by atoms with Crippen LogP contribution >= 0.6 is 11.6 Å². The SMILES string of the molecule is Cc1c(Nc2c(F)ccc(NS(=O)(=O)N3CC(OC(F)(F)F)C3)c2Cl)ccc2ncn(C)c(=O)c12. The molecule has 0 saturated carbocycles. The summed E-state index contributed by atoms with van der Waals surface area (Å²) < 4.78 is 84.5. The number of nitrogens with zero attached hydrogens (tertiary/aromatic N) is 3. The zero-order valence-corrected chi connectivity index (χ0v) is 19.7. The average molecular weight is 536 g/mol. The van der Waals surface area contributed by atoms with Gasteiger partial charge in [-0.05, 0) is 36.8 Å². The lowest BCUT2D eigenvalue weighted by Gasteiger charge is -2.37. The van der Waals surface area contributed by atoms with Crippen molar-refractivity contribution in [1.82, 2.24) is 13.9 Å². The fourth-order valence-electron chi connectivity index (χ4n) is 3.53. The van der Waals surface area contributed by atoms with Gasteiger partial charge >= 0.3 is 16.6 Å². The summed E-state index contributed by atoms with van der Waals surface area (Å²) in [4.78, 5) is 16.7. The zero-order valence-electron chi connectivity index (χ0n) is 18.2. The monoisotopic (exact) mass is 535 g/mol. The van der Waals surface area contributed by atoms with E-state index in [2.05, 4.69) is 19.8 Å². The fraction of sp³-hybridized carbons (Fsp3) is 0.300. The van der Waals surface area contributed by atoms with Gasteiger partial charge in [-0.1, -0.05) is 11.6 Å². The first-order valence-electron chi connectivity index (χ1n) is 9.99. The van der Waals surface area contributed by atoms with Crippen LogP contribution in [0, 0.1) is 12.7 Å². The van der Waals surface area contributed by atoms with E-state index in [1.54, 1.807) is 19.1 Å². The van der Waals surface area contributed by atoms with Crippen molar-refractivity contribution in [3.8, 4) is 0 Å². The number of rotatable bonds is 6. The van der Waals surface area contributed by atoms with E-state index in [-0.39, 0.29) is 22.0 Å². The second kappa shape index (κ2) is 8.93. The number of aromatic nitrogens is 2. The molecule has 35 heavy (non-hydrogen) atoms. The van der Waals surface area contributed by atoms with E-state index in [4.69, 9.17) is 11.6 Å². The van der Waals surface area contributed by atoms with Gasteiger partial charge in [0.15, 0.2) is 0 Å². The number of hydrogen-bond donors (Lipinski definition) is 2. The number of halogens is 5. The van der Waals surface area contributed by atoms with Crippen molar-refractivity contribution in [2.45, 2.75) is 19.4 Å². The predicted molar refractivity (Wildman–Crippen MR) is 121 cm³/mol. The molecule has 0 unspecified atom stereocenters. The Hall–Kier alpha value is -2.94. The summed E-state index contributed by atoms with van der Waals surface area (Å²) in [6.07, 6.45) is -4.83. The Bertz CT molecular complexity index is 1470. The van der Waals surface area contributed by atoms with Crippen LogP contribution in [-0.4, -0.2) is 47.8 Å². The Labute approximate surface area is 201 Å². The van der Waals surface area contributed by atoms with E-state index in [0.29, 0.717) is 22.2 Å². The number of benzene rings is 2. The second-order valence-electron chi connectivity index (χ2n) is 7.81. The van der Waals surface area contributed by atoms with Crippen molar-refractivity contribution in [3.63, 3.8) is 0 Å². The van der Waals surface area contributed by atoms with Gasteiger partial charge in [0.2, 0.25) is 0 Å². The maximum atomic E-state index is 14.6. The molecule has 0 atom stereocenters. The van der Waals surface area contributed by atoms with Crippen molar-refractivity contribution in [3.05, 3.63) is 57.3 Å². The van der Waals surface area contributed by atoms with Crippen LogP contribution in [0.4, 0.5) is 34.6 Å². The van der Waals surface area contributed by atoms with Crippen molar-refractivity contribution < 1.29 is 30.7 Å². The lowest BCUT2D eigenvalue weighted by molar-refractivity contribution is -0.351. The van der Waals surface area contributed by atoms with Gasteiger partial charge < -0.3 is 9.88 Å². The molecule has 188 valence electrons. The molecule has 3 aromatic rings. The van der Waals surface area contributed by atoms with E-state index < -0.39 is 41.6 Å². The topological polar surface area (TPSA) is 106 Å². The summed E-state index contributed by atoms with van der Waals surface area (Å²) in [5, 5.41) is 2.77. The molecule has 1 aliphatic heterocycles. The molecular weight excluding hydrogens is 518 g/mol. The summed E-state index contributed by atoms with van der Waals surface area (Å²) in [6.45, 7) is 0.603. The quantitative estimate of drug-likeness (QED) is 0.467. The van der Waals surface area contributed by atoms with Crippen LogP contribution in [0.5, 0.6) is 0 Å². The summed E-state index contributed by atoms with van der Waals surface area (Å²) in [5.41, 5.74) is 0.453. The van der Waals surface area contributed by atoms with Crippen molar-refractivity contribution >= 4 is 49.8 Å². The molecule has 2 aromatic carbocycles. The van der Waals surface area contributed by atoms with Gasteiger partial charge in [0.05, 0.1) is 39.7 Å². The lowest BCUT2D eigenvalue weighted by Crippen LogP contribution is -2.57. The first kappa shape index (κ1) is 25.2. The van der Waals surface area contributed by atoms with Gasteiger partial charge in [-0.2, -0.15) is 12.7 Å². The molecule has 1 aliphatic rings. The molecule has 2 heterocycles. The lowest BCUT2D eigenvalue weighted by atomic mass is 10.1. The van der Waals surface area contributed by atoms with Gasteiger partial charge in [0.25, 0.3) is 5.56 Å². The highest BCUT2D eigenvalue weighted by molar-refractivity contribution is 7.90. The number of ether oxygens (including phenoxy) is 1. The molecule has 15 heteroatoms. The van der Waals surface area contributed by atoms with Gasteiger partial charge in [-0.15, -0.1) is 13.2 Å². The standard InChI is InChI=1S/C20H18ClF4N5O4S/c1-10-13(5-6-14-16(10)19(31)29(2)9-26-14)27-18-12(22)3-4-15(17(18)21)28-35(32,33)30-7-11(8-30)34-20(23,24)25/h3-6,9,11,27-28H,7-8H2,1-2H3. The van der Waals surface area contributed by atoms with Gasteiger partial charge in [-0.25, -0.2) is 9.37 Å². The van der Waals surface area contributed by atoms with Crippen LogP contribution in [0.25, 0.3) is 10.9 Å². The third-order valence-corrected chi connectivity index (χ3v) is 7.24. The van der Waals surface area contributed by atoms with Crippen LogP contribution < -0.4 is 15.6 Å². The van der Waals surface area contributed by atoms with E-state index in [0.717, 1.165) is 16.4 Å². The Kier molecular flexibility index (Phi) is 6.42. The third kappa shape index (κ3) is 5.05. The second-order valence-corrected chi connectivity index (χ2v) is 9.86. The summed E-state index contributed by atoms with van der Waals surface area (Å²) in [5.74, 6) is -0.806. The molecule has 0 spiro atoms. The Morgan fingerprint density at radius 2 is 1.83 bits per heavy atom. The highest BCUT2D eigenvalue weighted by Crippen LogP contribution is 2.37. The van der Waals surface area contributed by atoms with Gasteiger partial charge in [-0.3, -0.25) is 14.3 Å². The minimum Gasteiger partial charge on any atom is -0.352 e. The molecule has 1 saturated heterocycles. The molecule has 0 amide bonds. The zero-order chi connectivity index (χ0) is 25.7. The van der Waals surface area contributed by atoms with E-state index >= 15 is 0 Å². The van der Waals surface area contributed by atoms with Crippen molar-refractivity contribution in [2.24, 2.45) is 7.05 Å². The molecular formula is C20H18ClF4N5O4S. The average Bonchev–Trinajstić information content (AvgIpc) is 2.73. The van der Waals surface area contributed by atoms with Gasteiger partial charge in [0, 0.05) is 25.8 Å².